The minimum Gasteiger partial charge on any atom is -0.396 e. The van der Waals surface area contributed by atoms with E-state index in [2.05, 4.69) is 16.4 Å². The lowest BCUT2D eigenvalue weighted by Crippen LogP contribution is -2.36. The van der Waals surface area contributed by atoms with E-state index in [1.807, 2.05) is 18.2 Å². The van der Waals surface area contributed by atoms with Crippen molar-refractivity contribution < 1.29 is 9.90 Å². The molecule has 5 nitrogen and oxygen atoms in total. The molecule has 1 atom stereocenters. The standard InChI is InChI=1S/C15H23N3O2/c16-17-15(20)8-13-5-1-2-6-14(13)10-18-7-3-4-12(9-18)11-19/h1-2,5-6,12,19H,3-4,7-11,16H2,(H,17,20). The predicted octanol–water partition coefficient (Wildman–Crippen LogP) is 0.423. The third-order valence-electron chi connectivity index (χ3n) is 3.89. The second-order valence-corrected chi connectivity index (χ2v) is 5.44. The summed E-state index contributed by atoms with van der Waals surface area (Å²) >= 11 is 0. The molecule has 1 aromatic rings. The van der Waals surface area contributed by atoms with Crippen molar-refractivity contribution in [3.05, 3.63) is 35.4 Å². The minimum atomic E-state index is -0.177. The molecule has 1 aromatic carbocycles. The van der Waals surface area contributed by atoms with Crippen molar-refractivity contribution in [3.63, 3.8) is 0 Å². The van der Waals surface area contributed by atoms with Gasteiger partial charge in [0.1, 0.15) is 0 Å². The van der Waals surface area contributed by atoms with Crippen LogP contribution < -0.4 is 11.3 Å². The molecule has 1 unspecified atom stereocenters. The first kappa shape index (κ1) is 15.0. The van der Waals surface area contributed by atoms with Crippen molar-refractivity contribution in [2.75, 3.05) is 19.7 Å². The number of carbonyl (C=O) groups is 1. The maximum Gasteiger partial charge on any atom is 0.238 e. The number of hydrogen-bond donors (Lipinski definition) is 3. The Morgan fingerprint density at radius 3 is 2.85 bits per heavy atom. The van der Waals surface area contributed by atoms with Gasteiger partial charge in [0, 0.05) is 19.7 Å². The van der Waals surface area contributed by atoms with Gasteiger partial charge in [-0.25, -0.2) is 5.84 Å². The first-order chi connectivity index (χ1) is 9.72. The zero-order valence-corrected chi connectivity index (χ0v) is 11.7. The van der Waals surface area contributed by atoms with E-state index in [4.69, 9.17) is 5.84 Å². The molecule has 1 fully saturated rings. The molecule has 110 valence electrons. The summed E-state index contributed by atoms with van der Waals surface area (Å²) < 4.78 is 0. The largest absolute Gasteiger partial charge is 0.396 e. The monoisotopic (exact) mass is 277 g/mol. The summed E-state index contributed by atoms with van der Waals surface area (Å²) in [6.07, 6.45) is 2.53. The van der Waals surface area contributed by atoms with Crippen LogP contribution in [0.2, 0.25) is 0 Å². The lowest BCUT2D eigenvalue weighted by Gasteiger charge is -2.32. The number of likely N-dealkylation sites (tertiary alicyclic amines) is 1. The zero-order valence-electron chi connectivity index (χ0n) is 11.7. The van der Waals surface area contributed by atoms with Crippen LogP contribution in [0.3, 0.4) is 0 Å². The SMILES string of the molecule is NNC(=O)Cc1ccccc1CN1CCCC(CO)C1. The van der Waals surface area contributed by atoms with Crippen molar-refractivity contribution >= 4 is 5.91 Å². The Hall–Kier alpha value is -1.43. The molecule has 20 heavy (non-hydrogen) atoms. The van der Waals surface area contributed by atoms with E-state index in [1.165, 1.54) is 0 Å². The maximum absolute atomic E-state index is 11.4. The number of rotatable bonds is 5. The number of amides is 1. The van der Waals surface area contributed by atoms with Crippen molar-refractivity contribution in [1.29, 1.82) is 0 Å². The smallest absolute Gasteiger partial charge is 0.238 e. The Kier molecular flexibility index (Phi) is 5.52. The topological polar surface area (TPSA) is 78.6 Å². The Balaban J connectivity index is 2.03. The number of piperidine rings is 1. The Labute approximate surface area is 119 Å². The zero-order chi connectivity index (χ0) is 14.4. The van der Waals surface area contributed by atoms with Gasteiger partial charge in [-0.15, -0.1) is 0 Å². The summed E-state index contributed by atoms with van der Waals surface area (Å²) in [6.45, 7) is 3.06. The third-order valence-corrected chi connectivity index (χ3v) is 3.89. The molecule has 1 amide bonds. The molecule has 0 bridgehead atoms. The second-order valence-electron chi connectivity index (χ2n) is 5.44. The summed E-state index contributed by atoms with van der Waals surface area (Å²) in [7, 11) is 0. The molecule has 4 N–H and O–H groups in total. The number of nitrogens with two attached hydrogens (primary N) is 1. The molecule has 0 saturated carbocycles. The van der Waals surface area contributed by atoms with Crippen LogP contribution >= 0.6 is 0 Å². The molecule has 0 aromatic heterocycles. The van der Waals surface area contributed by atoms with Crippen LogP contribution in [0.4, 0.5) is 0 Å². The second kappa shape index (κ2) is 7.38. The van der Waals surface area contributed by atoms with Crippen molar-refractivity contribution in [1.82, 2.24) is 10.3 Å². The van der Waals surface area contributed by atoms with Gasteiger partial charge in [0.2, 0.25) is 5.91 Å². The van der Waals surface area contributed by atoms with Crippen LogP contribution in [0.25, 0.3) is 0 Å². The summed E-state index contributed by atoms with van der Waals surface area (Å²) in [4.78, 5) is 13.8. The first-order valence-corrected chi connectivity index (χ1v) is 7.12. The molecule has 0 aliphatic carbocycles. The highest BCUT2D eigenvalue weighted by Gasteiger charge is 2.20. The number of carbonyl (C=O) groups excluding carboxylic acids is 1. The molecule has 0 radical (unpaired) electrons. The summed E-state index contributed by atoms with van der Waals surface area (Å²) in [5.41, 5.74) is 4.35. The number of nitrogens with one attached hydrogen (secondary N) is 1. The molecular formula is C15H23N3O2. The average Bonchev–Trinajstić information content (AvgIpc) is 2.49. The Bertz CT molecular complexity index is 450. The molecular weight excluding hydrogens is 254 g/mol. The molecule has 1 saturated heterocycles. The highest BCUT2D eigenvalue weighted by atomic mass is 16.3. The van der Waals surface area contributed by atoms with E-state index < -0.39 is 0 Å². The van der Waals surface area contributed by atoms with Crippen LogP contribution in [0.1, 0.15) is 24.0 Å². The first-order valence-electron chi connectivity index (χ1n) is 7.12. The normalized spacial score (nSPS) is 19.8. The fourth-order valence-corrected chi connectivity index (χ4v) is 2.79. The molecule has 1 heterocycles. The summed E-state index contributed by atoms with van der Waals surface area (Å²) in [5.74, 6) is 5.35. The van der Waals surface area contributed by atoms with E-state index in [9.17, 15) is 9.90 Å². The van der Waals surface area contributed by atoms with Gasteiger partial charge < -0.3 is 5.11 Å². The minimum absolute atomic E-state index is 0.177. The number of nitrogens with zero attached hydrogens (tertiary/aromatic N) is 1. The highest BCUT2D eigenvalue weighted by molar-refractivity contribution is 5.78. The van der Waals surface area contributed by atoms with Gasteiger partial charge in [-0.05, 0) is 36.4 Å². The summed E-state index contributed by atoms with van der Waals surface area (Å²) in [6, 6.07) is 7.96. The molecule has 2 rings (SSSR count). The third kappa shape index (κ3) is 4.03. The van der Waals surface area contributed by atoms with E-state index in [-0.39, 0.29) is 12.5 Å². The average molecular weight is 277 g/mol. The van der Waals surface area contributed by atoms with Gasteiger partial charge in [-0.2, -0.15) is 0 Å². The highest BCUT2D eigenvalue weighted by Crippen LogP contribution is 2.19. The van der Waals surface area contributed by atoms with Crippen LogP contribution in [0, 0.1) is 5.92 Å². The van der Waals surface area contributed by atoms with E-state index in [1.54, 1.807) is 0 Å². The van der Waals surface area contributed by atoms with Crippen molar-refractivity contribution in [2.45, 2.75) is 25.8 Å². The van der Waals surface area contributed by atoms with E-state index in [0.29, 0.717) is 12.3 Å². The maximum atomic E-state index is 11.4. The fourth-order valence-electron chi connectivity index (χ4n) is 2.79. The van der Waals surface area contributed by atoms with Gasteiger partial charge in [0.25, 0.3) is 0 Å². The van der Waals surface area contributed by atoms with Crippen LogP contribution in [-0.4, -0.2) is 35.6 Å². The number of benzene rings is 1. The molecule has 1 aliphatic heterocycles. The number of hydrogen-bond acceptors (Lipinski definition) is 4. The lowest BCUT2D eigenvalue weighted by atomic mass is 9.97. The Morgan fingerprint density at radius 1 is 1.40 bits per heavy atom. The molecule has 1 aliphatic rings. The van der Waals surface area contributed by atoms with Gasteiger partial charge in [-0.3, -0.25) is 15.1 Å². The van der Waals surface area contributed by atoms with Crippen molar-refractivity contribution in [2.24, 2.45) is 11.8 Å². The quantitative estimate of drug-likeness (QED) is 0.414. The summed E-state index contributed by atoms with van der Waals surface area (Å²) in [5, 5.41) is 9.29. The predicted molar refractivity (Wildman–Crippen MR) is 77.6 cm³/mol. The van der Waals surface area contributed by atoms with Gasteiger partial charge in [0.05, 0.1) is 6.42 Å². The van der Waals surface area contributed by atoms with Gasteiger partial charge in [0.15, 0.2) is 0 Å². The molecule has 5 heteroatoms. The van der Waals surface area contributed by atoms with E-state index >= 15 is 0 Å². The van der Waals surface area contributed by atoms with Crippen molar-refractivity contribution in [3.8, 4) is 0 Å². The number of hydrazine groups is 1. The van der Waals surface area contributed by atoms with Gasteiger partial charge >= 0.3 is 0 Å². The van der Waals surface area contributed by atoms with Crippen LogP contribution in [0.5, 0.6) is 0 Å². The fraction of sp³-hybridized carbons (Fsp3) is 0.533. The Morgan fingerprint density at radius 2 is 2.15 bits per heavy atom. The molecule has 0 spiro atoms. The van der Waals surface area contributed by atoms with Crippen LogP contribution in [0.15, 0.2) is 24.3 Å². The lowest BCUT2D eigenvalue weighted by molar-refractivity contribution is -0.120. The van der Waals surface area contributed by atoms with Crippen LogP contribution in [-0.2, 0) is 17.8 Å². The number of aliphatic hydroxyl groups excluding tert-OH is 1. The number of aliphatic hydroxyl groups is 1. The van der Waals surface area contributed by atoms with Gasteiger partial charge in [-0.1, -0.05) is 24.3 Å². The van der Waals surface area contributed by atoms with E-state index in [0.717, 1.165) is 43.6 Å².